The van der Waals surface area contributed by atoms with Crippen molar-refractivity contribution >= 4 is 17.9 Å². The van der Waals surface area contributed by atoms with Gasteiger partial charge in [0.05, 0.1) is 0 Å². The molecule has 7 heteroatoms. The van der Waals surface area contributed by atoms with Gasteiger partial charge in [-0.15, -0.1) is 0 Å². The molecule has 2 N–H and O–H groups in total. The molecule has 0 aliphatic heterocycles. The minimum Gasteiger partial charge on any atom is -0.444 e. The first kappa shape index (κ1) is 23.3. The Morgan fingerprint density at radius 1 is 0.969 bits per heavy atom. The van der Waals surface area contributed by atoms with Gasteiger partial charge >= 0.3 is 6.09 Å². The lowest BCUT2D eigenvalue weighted by atomic mass is 10.0. The average molecular weight is 438 g/mol. The highest BCUT2D eigenvalue weighted by molar-refractivity contribution is 5.90. The Morgan fingerprint density at radius 3 is 2.12 bits per heavy atom. The summed E-state index contributed by atoms with van der Waals surface area (Å²) in [6, 6.07) is 18.1. The maximum absolute atomic E-state index is 13.3. The molecule has 1 aliphatic carbocycles. The van der Waals surface area contributed by atoms with E-state index in [0.29, 0.717) is 6.54 Å². The fourth-order valence-corrected chi connectivity index (χ4v) is 3.42. The van der Waals surface area contributed by atoms with Crippen LogP contribution in [0.25, 0.3) is 0 Å². The zero-order valence-electron chi connectivity index (χ0n) is 18.8. The third-order valence-electron chi connectivity index (χ3n) is 4.96. The van der Waals surface area contributed by atoms with Crippen molar-refractivity contribution in [2.75, 3.05) is 6.54 Å². The van der Waals surface area contributed by atoms with Crippen LogP contribution in [-0.2, 0) is 20.9 Å². The summed E-state index contributed by atoms with van der Waals surface area (Å²) in [6.07, 6.45) is 0.993. The summed E-state index contributed by atoms with van der Waals surface area (Å²) in [7, 11) is 0. The van der Waals surface area contributed by atoms with Gasteiger partial charge in [0.2, 0.25) is 11.8 Å². The van der Waals surface area contributed by atoms with Gasteiger partial charge in [0.25, 0.3) is 0 Å². The lowest BCUT2D eigenvalue weighted by Gasteiger charge is -2.32. The highest BCUT2D eigenvalue weighted by Crippen LogP contribution is 2.35. The number of alkyl carbamates (subject to hydrolysis) is 1. The summed E-state index contributed by atoms with van der Waals surface area (Å²) < 4.78 is 5.22. The molecule has 0 radical (unpaired) electrons. The molecule has 1 aliphatic rings. The summed E-state index contributed by atoms with van der Waals surface area (Å²) >= 11 is 0. The molecule has 1 atom stereocenters. The first-order chi connectivity index (χ1) is 15.2. The Balaban J connectivity index is 1.75. The van der Waals surface area contributed by atoms with Gasteiger partial charge in [-0.2, -0.15) is 0 Å². The minimum atomic E-state index is -0.777. The second kappa shape index (κ2) is 10.3. The quantitative estimate of drug-likeness (QED) is 0.661. The molecule has 3 rings (SSSR count). The number of ether oxygens (including phenoxy) is 1. The van der Waals surface area contributed by atoms with E-state index in [9.17, 15) is 14.4 Å². The van der Waals surface area contributed by atoms with Crippen molar-refractivity contribution in [3.05, 3.63) is 71.8 Å². The number of amides is 3. The molecular weight excluding hydrogens is 406 g/mol. The molecule has 0 bridgehead atoms. The topological polar surface area (TPSA) is 87.7 Å². The molecule has 3 amide bonds. The molecule has 0 aromatic heterocycles. The number of carbonyl (C=O) groups is 3. The zero-order valence-corrected chi connectivity index (χ0v) is 18.8. The van der Waals surface area contributed by atoms with E-state index in [0.717, 1.165) is 24.0 Å². The van der Waals surface area contributed by atoms with Crippen LogP contribution >= 0.6 is 0 Å². The standard InChI is InChI=1S/C25H31N3O4/c1-25(2,3)32-24(31)27-17-21(29)28(20-14-15-20)22(19-12-8-5-9-13-19)23(30)26-16-18-10-6-4-7-11-18/h4-13,20,22H,14-17H2,1-3H3,(H,26,30)(H,27,31). The van der Waals surface area contributed by atoms with Crippen LogP contribution in [0.5, 0.6) is 0 Å². The van der Waals surface area contributed by atoms with Crippen LogP contribution in [0.4, 0.5) is 4.79 Å². The number of hydrogen-bond acceptors (Lipinski definition) is 4. The fourth-order valence-electron chi connectivity index (χ4n) is 3.42. The second-order valence-corrected chi connectivity index (χ2v) is 8.90. The average Bonchev–Trinajstić information content (AvgIpc) is 3.59. The predicted molar refractivity (Wildman–Crippen MR) is 122 cm³/mol. The third-order valence-corrected chi connectivity index (χ3v) is 4.96. The Bertz CT molecular complexity index is 921. The molecule has 0 saturated heterocycles. The van der Waals surface area contributed by atoms with E-state index >= 15 is 0 Å². The summed E-state index contributed by atoms with van der Waals surface area (Å²) in [5.74, 6) is -0.570. The minimum absolute atomic E-state index is 0.0318. The summed E-state index contributed by atoms with van der Waals surface area (Å²) in [5, 5.41) is 5.49. The predicted octanol–water partition coefficient (Wildman–Crippen LogP) is 3.56. The Hall–Kier alpha value is -3.35. The molecule has 1 saturated carbocycles. The van der Waals surface area contributed by atoms with Crippen LogP contribution in [0.15, 0.2) is 60.7 Å². The van der Waals surface area contributed by atoms with Crippen molar-refractivity contribution in [2.24, 2.45) is 0 Å². The van der Waals surface area contributed by atoms with Gasteiger partial charge in [0, 0.05) is 12.6 Å². The molecule has 7 nitrogen and oxygen atoms in total. The van der Waals surface area contributed by atoms with Gasteiger partial charge < -0.3 is 20.3 Å². The first-order valence-corrected chi connectivity index (χ1v) is 10.9. The first-order valence-electron chi connectivity index (χ1n) is 10.9. The van der Waals surface area contributed by atoms with Crippen LogP contribution in [-0.4, -0.2) is 41.0 Å². The van der Waals surface area contributed by atoms with Crippen molar-refractivity contribution in [3.8, 4) is 0 Å². The monoisotopic (exact) mass is 437 g/mol. The van der Waals surface area contributed by atoms with E-state index in [1.165, 1.54) is 0 Å². The summed E-state index contributed by atoms with van der Waals surface area (Å²) in [6.45, 7) is 5.40. The third kappa shape index (κ3) is 6.83. The number of nitrogens with one attached hydrogen (secondary N) is 2. The van der Waals surface area contributed by atoms with E-state index in [1.54, 1.807) is 25.7 Å². The number of benzene rings is 2. The Labute approximate surface area is 189 Å². The van der Waals surface area contributed by atoms with E-state index < -0.39 is 17.7 Å². The lowest BCUT2D eigenvalue weighted by molar-refractivity contribution is -0.141. The summed E-state index contributed by atoms with van der Waals surface area (Å²) in [5.41, 5.74) is 1.05. The highest BCUT2D eigenvalue weighted by atomic mass is 16.6. The number of rotatable bonds is 8. The highest BCUT2D eigenvalue weighted by Gasteiger charge is 2.41. The van der Waals surface area contributed by atoms with Crippen molar-refractivity contribution in [1.29, 1.82) is 0 Å². The molecule has 1 fully saturated rings. The van der Waals surface area contributed by atoms with E-state index in [4.69, 9.17) is 4.74 Å². The molecule has 2 aromatic carbocycles. The number of nitrogens with zero attached hydrogens (tertiary/aromatic N) is 1. The normalized spacial score (nSPS) is 14.2. The SMILES string of the molecule is CC(C)(C)OC(=O)NCC(=O)N(C1CC1)C(C(=O)NCc1ccccc1)c1ccccc1. The second-order valence-electron chi connectivity index (χ2n) is 8.90. The fraction of sp³-hybridized carbons (Fsp3) is 0.400. The van der Waals surface area contributed by atoms with Gasteiger partial charge in [-0.05, 0) is 44.7 Å². The molecule has 2 aromatic rings. The van der Waals surface area contributed by atoms with Crippen molar-refractivity contribution in [3.63, 3.8) is 0 Å². The van der Waals surface area contributed by atoms with Crippen molar-refractivity contribution < 1.29 is 19.1 Å². The van der Waals surface area contributed by atoms with Crippen molar-refractivity contribution in [2.45, 2.75) is 57.8 Å². The maximum atomic E-state index is 13.3. The van der Waals surface area contributed by atoms with Crippen LogP contribution in [0.1, 0.15) is 50.8 Å². The molecule has 1 unspecified atom stereocenters. The van der Waals surface area contributed by atoms with Gasteiger partial charge in [0.1, 0.15) is 18.2 Å². The maximum Gasteiger partial charge on any atom is 0.408 e. The zero-order chi connectivity index (χ0) is 23.1. The lowest BCUT2D eigenvalue weighted by Crippen LogP contribution is -2.48. The molecular formula is C25H31N3O4. The number of carbonyl (C=O) groups excluding carboxylic acids is 3. The van der Waals surface area contributed by atoms with E-state index in [2.05, 4.69) is 10.6 Å². The molecule has 170 valence electrons. The Morgan fingerprint density at radius 2 is 1.56 bits per heavy atom. The van der Waals surface area contributed by atoms with Crippen LogP contribution in [0, 0.1) is 0 Å². The van der Waals surface area contributed by atoms with E-state index in [1.807, 2.05) is 60.7 Å². The van der Waals surface area contributed by atoms with E-state index in [-0.39, 0.29) is 24.4 Å². The van der Waals surface area contributed by atoms with Crippen LogP contribution < -0.4 is 10.6 Å². The largest absolute Gasteiger partial charge is 0.444 e. The van der Waals surface area contributed by atoms with Gasteiger partial charge in [-0.3, -0.25) is 9.59 Å². The molecule has 32 heavy (non-hydrogen) atoms. The molecule has 0 spiro atoms. The van der Waals surface area contributed by atoms with Crippen LogP contribution in [0.2, 0.25) is 0 Å². The smallest absolute Gasteiger partial charge is 0.408 e. The molecule has 0 heterocycles. The Kier molecular flexibility index (Phi) is 7.51. The van der Waals surface area contributed by atoms with Gasteiger partial charge in [-0.1, -0.05) is 60.7 Å². The van der Waals surface area contributed by atoms with Crippen molar-refractivity contribution in [1.82, 2.24) is 15.5 Å². The summed E-state index contributed by atoms with van der Waals surface area (Å²) in [4.78, 5) is 40.1. The van der Waals surface area contributed by atoms with Gasteiger partial charge in [0.15, 0.2) is 0 Å². The van der Waals surface area contributed by atoms with Crippen LogP contribution in [0.3, 0.4) is 0 Å². The van der Waals surface area contributed by atoms with Gasteiger partial charge in [-0.25, -0.2) is 4.79 Å². The number of hydrogen-bond donors (Lipinski definition) is 2.